The van der Waals surface area contributed by atoms with Gasteiger partial charge in [-0.1, -0.05) is 54.1 Å². The van der Waals surface area contributed by atoms with Crippen LogP contribution in [0.25, 0.3) is 33.1 Å². The minimum absolute atomic E-state index is 0.0594. The molecule has 2 heterocycles. The van der Waals surface area contributed by atoms with Crippen molar-refractivity contribution in [1.29, 1.82) is 0 Å². The van der Waals surface area contributed by atoms with Crippen molar-refractivity contribution in [2.75, 3.05) is 0 Å². The lowest BCUT2D eigenvalue weighted by molar-refractivity contribution is -0.384. The highest BCUT2D eigenvalue weighted by molar-refractivity contribution is 7.17. The fraction of sp³-hybridized carbons (Fsp3) is 0.0400. The highest BCUT2D eigenvalue weighted by Crippen LogP contribution is 2.34. The second kappa shape index (κ2) is 8.27. The fourth-order valence-electron chi connectivity index (χ4n) is 3.74. The van der Waals surface area contributed by atoms with Gasteiger partial charge in [0.25, 0.3) is 5.69 Å². The van der Waals surface area contributed by atoms with Crippen molar-refractivity contribution in [2.45, 2.75) is 6.92 Å². The summed E-state index contributed by atoms with van der Waals surface area (Å²) in [4.78, 5) is 30.3. The van der Waals surface area contributed by atoms with Crippen LogP contribution in [0.4, 0.5) is 5.69 Å². The van der Waals surface area contributed by atoms with Crippen molar-refractivity contribution in [3.05, 3.63) is 104 Å². The first-order valence-corrected chi connectivity index (χ1v) is 11.2. The van der Waals surface area contributed by atoms with E-state index < -0.39 is 4.92 Å². The number of aromatic nitrogens is 2. The molecule has 0 bridgehead atoms. The lowest BCUT2D eigenvalue weighted by atomic mass is 10.0. The number of nitro benzene ring substituents is 1. The Labute approximate surface area is 197 Å². The number of imidazole rings is 1. The smallest absolute Gasteiger partial charge is 0.288 e. The minimum atomic E-state index is -0.521. The van der Waals surface area contributed by atoms with Gasteiger partial charge in [0.05, 0.1) is 16.3 Å². The van der Waals surface area contributed by atoms with E-state index in [1.54, 1.807) is 18.2 Å². The molecule has 0 saturated carbocycles. The van der Waals surface area contributed by atoms with Gasteiger partial charge in [-0.15, -0.1) is 11.3 Å². The molecule has 0 aliphatic carbocycles. The molecular formula is C25H16ClN3O3S. The summed E-state index contributed by atoms with van der Waals surface area (Å²) in [5.74, 6) is -0.143. The molecule has 0 aliphatic rings. The lowest BCUT2D eigenvalue weighted by Crippen LogP contribution is -1.95. The number of carbonyl (C=O) groups excluding carboxylic acids is 1. The number of nitro groups is 1. The molecule has 33 heavy (non-hydrogen) atoms. The Kier molecular flexibility index (Phi) is 5.28. The van der Waals surface area contributed by atoms with Gasteiger partial charge < -0.3 is 0 Å². The maximum absolute atomic E-state index is 12.9. The lowest BCUT2D eigenvalue weighted by Gasteiger charge is -2.03. The topological polar surface area (TPSA) is 77.5 Å². The summed E-state index contributed by atoms with van der Waals surface area (Å²) in [5.41, 5.74) is 2.15. The minimum Gasteiger partial charge on any atom is -0.290 e. The number of benzene rings is 3. The summed E-state index contributed by atoms with van der Waals surface area (Å²) in [6, 6.07) is 18.0. The molecule has 8 heteroatoms. The molecule has 0 radical (unpaired) electrons. The normalized spacial score (nSPS) is 11.6. The molecule has 2 aromatic heterocycles. The van der Waals surface area contributed by atoms with Crippen LogP contribution in [0.3, 0.4) is 0 Å². The van der Waals surface area contributed by atoms with Gasteiger partial charge in [0, 0.05) is 28.3 Å². The maximum atomic E-state index is 12.9. The summed E-state index contributed by atoms with van der Waals surface area (Å²) < 4.78 is 1.89. The van der Waals surface area contributed by atoms with Crippen LogP contribution in [0.5, 0.6) is 0 Å². The van der Waals surface area contributed by atoms with Gasteiger partial charge in [-0.05, 0) is 42.0 Å². The Bertz CT molecular complexity index is 1600. The van der Waals surface area contributed by atoms with Gasteiger partial charge in [-0.3, -0.25) is 19.3 Å². The van der Waals surface area contributed by atoms with Gasteiger partial charge >= 0.3 is 0 Å². The number of hydrogen-bond acceptors (Lipinski definition) is 5. The van der Waals surface area contributed by atoms with E-state index in [9.17, 15) is 14.9 Å². The molecular weight excluding hydrogens is 458 g/mol. The number of allylic oxidation sites excluding steroid dienone is 1. The van der Waals surface area contributed by atoms with Crippen LogP contribution in [0.2, 0.25) is 5.02 Å². The van der Waals surface area contributed by atoms with Crippen molar-refractivity contribution >= 4 is 56.2 Å². The van der Waals surface area contributed by atoms with Gasteiger partial charge in [0.15, 0.2) is 10.7 Å². The number of thiazole rings is 1. The summed E-state index contributed by atoms with van der Waals surface area (Å²) in [5, 5.41) is 13.5. The Morgan fingerprint density at radius 2 is 1.91 bits per heavy atom. The van der Waals surface area contributed by atoms with Crippen molar-refractivity contribution in [2.24, 2.45) is 0 Å². The molecule has 0 aliphatic heterocycles. The number of nitrogens with zero attached hydrogens (tertiary/aromatic N) is 3. The van der Waals surface area contributed by atoms with E-state index in [0.29, 0.717) is 22.5 Å². The van der Waals surface area contributed by atoms with Crippen LogP contribution in [-0.4, -0.2) is 20.1 Å². The van der Waals surface area contributed by atoms with E-state index in [2.05, 4.69) is 4.98 Å². The third kappa shape index (κ3) is 3.92. The molecule has 3 aromatic carbocycles. The Balaban J connectivity index is 1.58. The molecule has 5 aromatic rings. The predicted octanol–water partition coefficient (Wildman–Crippen LogP) is 6.98. The van der Waals surface area contributed by atoms with Crippen LogP contribution >= 0.6 is 22.9 Å². The summed E-state index contributed by atoms with van der Waals surface area (Å²) in [6.07, 6.45) is 5.15. The van der Waals surface area contributed by atoms with E-state index >= 15 is 0 Å². The highest BCUT2D eigenvalue weighted by atomic mass is 35.5. The number of aryl methyl sites for hydroxylation is 1. The zero-order valence-electron chi connectivity index (χ0n) is 17.4. The maximum Gasteiger partial charge on any atom is 0.288 e. The molecule has 162 valence electrons. The highest BCUT2D eigenvalue weighted by Gasteiger charge is 2.19. The fourth-order valence-corrected chi connectivity index (χ4v) is 4.76. The van der Waals surface area contributed by atoms with Crippen LogP contribution in [0.1, 0.15) is 20.9 Å². The monoisotopic (exact) mass is 473 g/mol. The number of carbonyl (C=O) groups is 1. The molecule has 6 nitrogen and oxygen atoms in total. The van der Waals surface area contributed by atoms with Crippen molar-refractivity contribution < 1.29 is 9.72 Å². The first kappa shape index (κ1) is 21.1. The first-order chi connectivity index (χ1) is 15.9. The largest absolute Gasteiger partial charge is 0.290 e. The zero-order valence-corrected chi connectivity index (χ0v) is 18.9. The van der Waals surface area contributed by atoms with E-state index in [0.717, 1.165) is 20.6 Å². The van der Waals surface area contributed by atoms with E-state index in [4.69, 9.17) is 11.6 Å². The second-order valence-corrected chi connectivity index (χ2v) is 9.14. The van der Waals surface area contributed by atoms with Crippen molar-refractivity contribution in [3.8, 4) is 11.3 Å². The number of rotatable bonds is 5. The average Bonchev–Trinajstić information content (AvgIpc) is 3.33. The number of ketones is 1. The van der Waals surface area contributed by atoms with E-state index in [-0.39, 0.29) is 16.5 Å². The second-order valence-electron chi connectivity index (χ2n) is 7.52. The average molecular weight is 474 g/mol. The quantitative estimate of drug-likeness (QED) is 0.119. The van der Waals surface area contributed by atoms with Crippen LogP contribution in [0.15, 0.2) is 72.9 Å². The Hall–Kier alpha value is -3.81. The van der Waals surface area contributed by atoms with E-state index in [1.165, 1.54) is 29.5 Å². The van der Waals surface area contributed by atoms with Crippen LogP contribution in [0, 0.1) is 17.0 Å². The number of halogens is 1. The number of fused-ring (bicyclic) bond motifs is 2. The van der Waals surface area contributed by atoms with Crippen LogP contribution in [-0.2, 0) is 0 Å². The standard InChI is InChI=1S/C25H16ClN3O3S/c1-15-14-28-21(10-11-23(30)18-7-6-16-4-2-3-5-17(16)12-18)24(27-25(28)33-15)19-8-9-20(26)22(13-19)29(31)32/h2-14H,1H3/b11-10+. The van der Waals surface area contributed by atoms with E-state index in [1.807, 2.05) is 53.9 Å². The van der Waals surface area contributed by atoms with Gasteiger partial charge in [-0.2, -0.15) is 0 Å². The number of hydrogen-bond donors (Lipinski definition) is 0. The molecule has 0 amide bonds. The third-order valence-electron chi connectivity index (χ3n) is 5.32. The SMILES string of the molecule is Cc1cn2c(/C=C/C(=O)c3ccc4ccccc4c3)c(-c3ccc(Cl)c([N+](=O)[O-])c3)nc2s1. The molecule has 0 N–H and O–H groups in total. The van der Waals surface area contributed by atoms with Gasteiger partial charge in [0.2, 0.25) is 0 Å². The van der Waals surface area contributed by atoms with Gasteiger partial charge in [-0.25, -0.2) is 4.98 Å². The first-order valence-electron chi connectivity index (χ1n) is 10.0. The Morgan fingerprint density at radius 3 is 2.70 bits per heavy atom. The van der Waals surface area contributed by atoms with Crippen molar-refractivity contribution in [1.82, 2.24) is 9.38 Å². The molecule has 0 unspecified atom stereocenters. The molecule has 0 saturated heterocycles. The zero-order chi connectivity index (χ0) is 23.1. The molecule has 5 rings (SSSR count). The summed E-state index contributed by atoms with van der Waals surface area (Å²) in [6.45, 7) is 1.97. The third-order valence-corrected chi connectivity index (χ3v) is 6.54. The van der Waals surface area contributed by atoms with Crippen molar-refractivity contribution in [3.63, 3.8) is 0 Å². The molecule has 0 spiro atoms. The predicted molar refractivity (Wildman–Crippen MR) is 132 cm³/mol. The van der Waals surface area contributed by atoms with Crippen LogP contribution < -0.4 is 0 Å². The summed E-state index contributed by atoms with van der Waals surface area (Å²) >= 11 is 7.49. The Morgan fingerprint density at radius 1 is 1.12 bits per heavy atom. The summed E-state index contributed by atoms with van der Waals surface area (Å²) in [7, 11) is 0. The molecule has 0 fully saturated rings. The molecule has 0 atom stereocenters. The van der Waals surface area contributed by atoms with Gasteiger partial charge in [0.1, 0.15) is 5.02 Å².